The number of benzene rings is 14. The van der Waals surface area contributed by atoms with Crippen molar-refractivity contribution in [1.29, 1.82) is 0 Å². The van der Waals surface area contributed by atoms with Gasteiger partial charge in [-0.3, -0.25) is 36.4 Å². The summed E-state index contributed by atoms with van der Waals surface area (Å²) in [5.74, 6) is -6.95. The van der Waals surface area contributed by atoms with Crippen LogP contribution in [0.5, 0.6) is 0 Å². The fraction of sp³-hybridized carbons (Fsp3) is 0.121. The third-order valence-electron chi connectivity index (χ3n) is 19.2. The number of carboxylic acid groups (broad SMARTS) is 7. The van der Waals surface area contributed by atoms with E-state index in [1.54, 1.807) is 176 Å². The number of aryl methyl sites for hydroxylation is 12. The second kappa shape index (κ2) is 56.1. The number of fused-ring (bicyclic) bond motifs is 2. The summed E-state index contributed by atoms with van der Waals surface area (Å²) >= 11 is 0. The third-order valence-corrected chi connectivity index (χ3v) is 27.5. The lowest BCUT2D eigenvalue weighted by molar-refractivity contribution is 0.0679. The highest BCUT2D eigenvalue weighted by Gasteiger charge is 2.24. The van der Waals surface area contributed by atoms with Gasteiger partial charge in [0, 0.05) is 16.2 Å². The number of hydrogen-bond acceptors (Lipinski definition) is 25. The number of carbonyl (C=O) groups is 7. The molecule has 0 atom stereocenters. The summed E-state index contributed by atoms with van der Waals surface area (Å²) in [7, 11) is -37.5. The van der Waals surface area contributed by atoms with E-state index in [4.69, 9.17) is 91.1 Å². The summed E-state index contributed by atoms with van der Waals surface area (Å²) in [6.45, 7) is 20.6. The number of aromatic carboxylic acids is 7. The first kappa shape index (κ1) is 129. The van der Waals surface area contributed by atoms with Gasteiger partial charge in [-0.15, -0.1) is 0 Å². The highest BCUT2D eigenvalue weighted by molar-refractivity contribution is 8.19. The van der Waals surface area contributed by atoms with Crippen LogP contribution in [0.25, 0.3) is 21.5 Å². The molecule has 0 aliphatic heterocycles. The Morgan fingerprint density at radius 2 is 0.564 bits per heavy atom. The monoisotopic (exact) mass is 2230 g/mol. The molecule has 0 saturated carbocycles. The summed E-state index contributed by atoms with van der Waals surface area (Å²) in [6, 6.07) is 72.9. The van der Waals surface area contributed by atoms with Crippen LogP contribution in [0.3, 0.4) is 0 Å². The minimum atomic E-state index is -4.49. The van der Waals surface area contributed by atoms with Gasteiger partial charge in [0.15, 0.2) is 0 Å². The number of carboxylic acids is 7. The zero-order valence-corrected chi connectivity index (χ0v) is 87.8. The SMILES string of the molecule is Cc1cc(C(=O)O)cc(C(=O)O)c1.Cc1cc(C(=O)O)ccc1C(=O)O.Cc1cc(S(=O)(=O)O)c2cccc(S(=O)(=O)O)c2c1.Cc1cc(S(=O)(=O)O)ccc1S(=O)(=O)O.Cc1ccc(C(=O)O)cc1.Cc1ccc(S(O)(O)O)cc1.Cc1ccc2c(S(=O)(=O)O)cccc2c1.Cc1cccc(C(=O)O)c1.Cc1cccc(P(=O)(O)O)c1.Cc1cccc(S(=O)(=O)O)c1.Cc1ccccc1C(=O)O.Cc1ccccc1S(=O)(=O)O. The van der Waals surface area contributed by atoms with E-state index in [1.165, 1.54) is 110 Å². The molecule has 50 heteroatoms. The van der Waals surface area contributed by atoms with E-state index in [2.05, 4.69) is 0 Å². The van der Waals surface area contributed by atoms with Crippen molar-refractivity contribution in [2.45, 2.75) is 122 Å². The van der Waals surface area contributed by atoms with Crippen molar-refractivity contribution in [3.8, 4) is 0 Å². The molecule has 149 heavy (non-hydrogen) atoms. The van der Waals surface area contributed by atoms with Gasteiger partial charge in [0.2, 0.25) is 0 Å². The first-order valence-electron chi connectivity index (χ1n) is 41.7. The van der Waals surface area contributed by atoms with Gasteiger partial charge in [-0.1, -0.05) is 167 Å². The fourth-order valence-corrected chi connectivity index (χ4v) is 18.0. The van der Waals surface area contributed by atoms with Gasteiger partial charge in [-0.2, -0.15) is 58.9 Å². The lowest BCUT2D eigenvalue weighted by Gasteiger charge is -2.18. The lowest BCUT2D eigenvalue weighted by atomic mass is 10.1. The Hall–Kier alpha value is -14.4. The molecule has 14 rings (SSSR count). The molecule has 0 bridgehead atoms. The van der Waals surface area contributed by atoms with Crippen LogP contribution in [-0.2, 0) is 75.4 Å². The molecule has 41 nitrogen and oxygen atoms in total. The largest absolute Gasteiger partial charge is 0.478 e. The van der Waals surface area contributed by atoms with Crippen molar-refractivity contribution < 1.29 is 188 Å². The Balaban J connectivity index is 0.000000419. The highest BCUT2D eigenvalue weighted by Crippen LogP contribution is 2.43. The molecular weight excluding hydrogens is 2130 g/mol. The summed E-state index contributed by atoms with van der Waals surface area (Å²) in [6.07, 6.45) is 0. The Bertz CT molecular complexity index is 8100. The Morgan fingerprint density at radius 1 is 0.208 bits per heavy atom. The molecule has 0 saturated heterocycles. The van der Waals surface area contributed by atoms with Gasteiger partial charge in [0.25, 0.3) is 70.8 Å². The molecule has 0 spiro atoms. The molecule has 0 aliphatic rings. The van der Waals surface area contributed by atoms with Crippen molar-refractivity contribution in [2.75, 3.05) is 0 Å². The van der Waals surface area contributed by atoms with Crippen molar-refractivity contribution >= 4 is 158 Å². The van der Waals surface area contributed by atoms with E-state index in [0.717, 1.165) is 74.7 Å². The van der Waals surface area contributed by atoms with Gasteiger partial charge < -0.3 is 59.2 Å². The van der Waals surface area contributed by atoms with Gasteiger partial charge in [-0.05, 0) is 279 Å². The van der Waals surface area contributed by atoms with Crippen LogP contribution < -0.4 is 5.30 Å². The molecule has 0 aliphatic carbocycles. The minimum absolute atomic E-state index is 0.00241. The van der Waals surface area contributed by atoms with E-state index in [0.29, 0.717) is 44.3 Å². The van der Waals surface area contributed by atoms with E-state index in [1.807, 2.05) is 58.0 Å². The average Bonchev–Trinajstić information content (AvgIpc) is 0.757. The van der Waals surface area contributed by atoms with Crippen molar-refractivity contribution in [3.63, 3.8) is 0 Å². The molecule has 0 aromatic heterocycles. The summed E-state index contributed by atoms with van der Waals surface area (Å²) in [4.78, 5) is 89.1. The van der Waals surface area contributed by atoms with Crippen molar-refractivity contribution in [2.24, 2.45) is 0 Å². The zero-order chi connectivity index (χ0) is 114. The van der Waals surface area contributed by atoms with E-state index in [-0.39, 0.29) is 63.5 Å². The van der Waals surface area contributed by atoms with Gasteiger partial charge in [-0.25, -0.2) is 33.6 Å². The molecule has 0 unspecified atom stereocenters. The molecular formula is C99H103O41PS8. The maximum Gasteiger partial charge on any atom is 0.356 e. The average molecular weight is 2240 g/mol. The smallest absolute Gasteiger partial charge is 0.356 e. The van der Waals surface area contributed by atoms with Crippen molar-refractivity contribution in [1.82, 2.24) is 0 Å². The van der Waals surface area contributed by atoms with E-state index < -0.39 is 151 Å². The van der Waals surface area contributed by atoms with E-state index >= 15 is 0 Å². The summed E-state index contributed by atoms with van der Waals surface area (Å²) in [5.41, 5.74) is 9.96. The number of hydrogen-bond donors (Lipinski definition) is 19. The molecule has 0 fully saturated rings. The second-order valence-electron chi connectivity index (χ2n) is 31.4. The van der Waals surface area contributed by atoms with Gasteiger partial charge >= 0.3 is 49.4 Å². The first-order valence-corrected chi connectivity index (χ1v) is 54.9. The highest BCUT2D eigenvalue weighted by atomic mass is 32.3. The van der Waals surface area contributed by atoms with Crippen LogP contribution in [-0.4, -0.2) is 192 Å². The molecule has 14 aromatic rings. The van der Waals surface area contributed by atoms with Crippen LogP contribution in [0.2, 0.25) is 0 Å². The first-order chi connectivity index (χ1) is 68.4. The zero-order valence-electron chi connectivity index (χ0n) is 80.4. The molecule has 0 radical (unpaired) electrons. The normalized spacial score (nSPS) is 11.2. The lowest BCUT2D eigenvalue weighted by Crippen LogP contribution is -2.04. The van der Waals surface area contributed by atoms with Crippen LogP contribution in [0.1, 0.15) is 139 Å². The second-order valence-corrected chi connectivity index (χ2v) is 44.4. The van der Waals surface area contributed by atoms with Crippen molar-refractivity contribution in [3.05, 3.63) is 397 Å². The maximum absolute atomic E-state index is 11.3. The predicted molar refractivity (Wildman–Crippen MR) is 552 cm³/mol. The Kier molecular flexibility index (Phi) is 48.5. The van der Waals surface area contributed by atoms with E-state index in [9.17, 15) is 97.1 Å². The van der Waals surface area contributed by atoms with Crippen LogP contribution >= 0.6 is 18.5 Å². The van der Waals surface area contributed by atoms with Crippen LogP contribution in [0.15, 0.2) is 330 Å². The molecule has 798 valence electrons. The van der Waals surface area contributed by atoms with Gasteiger partial charge in [0.05, 0.1) is 68.7 Å². The minimum Gasteiger partial charge on any atom is -0.478 e. The maximum atomic E-state index is 11.3. The third kappa shape index (κ3) is 45.1. The Morgan fingerprint density at radius 3 is 0.946 bits per heavy atom. The van der Waals surface area contributed by atoms with Crippen LogP contribution in [0, 0.1) is 83.1 Å². The molecule has 19 N–H and O–H groups in total. The Labute approximate surface area is 859 Å². The fourth-order valence-electron chi connectivity index (χ4n) is 12.1. The predicted octanol–water partition coefficient (Wildman–Crippen LogP) is 18.2. The standard InChI is InChI=1S/C11H10O6S2.C11H10O3S.2C9H8O4.3C8H8O2.C7H8O6S2.C7H9O3P.C7H10O3S.2C7H8O3S/c1-7-5-9-8(11(6-7)19(15,16)17)3-2-4-10(9)18(12,13)14;1-8-5-6-10-9(7-8)3-2-4-11(10)15(12,13)14;1-5-2-6(8(10)11)4-7(3-5)9(12)13;1-5-4-6(8(10)11)2-3-7(5)9(12)13;1-6-2-4-7(5-3-6)8(9)10;1-6-3-2-4-7(5-6)8(9)10;1-6-4-2-3-5-7(6)8(9)10;1-5-4-6(14(8,9)10)2-3-7(5)15(11,12)13;1-6-3-2-4-7(5-6)11(8,9)10;1-6-2-4-7(5-3-6)11(8,9)10;1-6-3-2-4-7(5-6)11(8,9)10;1-6-4-2-3-5-7(6)11(8,9)10/h2-6H,1H3,(H,12,13,14)(H,15,16,17);2-7H,1H3,(H,12,13,14);2*2-4H,1H3,(H,10,11)(H,12,13);3*2-5H,1H3,(H,9,10);2-4H,1H3,(H,8,9,10)(H,11,12,13);2-5H,1H3,(H2,8,9,10);2-5,8-10H,1H3;2*2-5H,1H3,(H,8,9,10). The topological polar surface area (TPSA) is 760 Å². The summed E-state index contributed by atoms with van der Waals surface area (Å²) < 4.78 is 251. The molecule has 0 heterocycles. The quantitative estimate of drug-likeness (QED) is 0.0315. The summed E-state index contributed by atoms with van der Waals surface area (Å²) in [5, 5.41) is 61.5. The molecule has 0 amide bonds. The van der Waals surface area contributed by atoms with Gasteiger partial charge in [0.1, 0.15) is 25.6 Å². The number of rotatable bonds is 16. The van der Waals surface area contributed by atoms with Crippen LogP contribution in [0.4, 0.5) is 0 Å². The molecule has 14 aromatic carbocycles.